The molecule has 1 saturated carbocycles. The number of nitrogens with two attached hydrogens (primary N) is 1. The number of hydrogen-bond acceptors (Lipinski definition) is 5. The van der Waals surface area contributed by atoms with Crippen LogP contribution in [-0.4, -0.2) is 32.2 Å². The molecule has 1 fully saturated rings. The number of nitrogens with zero attached hydrogens (tertiary/aromatic N) is 4. The van der Waals surface area contributed by atoms with E-state index in [1.165, 1.54) is 18.6 Å². The minimum Gasteiger partial charge on any atom is -0.368 e. The summed E-state index contributed by atoms with van der Waals surface area (Å²) in [7, 11) is -3.71. The maximum absolute atomic E-state index is 13.6. The molecule has 0 atom stereocenters. The average molecular weight is 482 g/mol. The van der Waals surface area contributed by atoms with E-state index in [2.05, 4.69) is 9.55 Å². The third-order valence-corrected chi connectivity index (χ3v) is 8.72. The number of anilines is 1. The third-order valence-electron chi connectivity index (χ3n) is 6.64. The summed E-state index contributed by atoms with van der Waals surface area (Å²) in [6, 6.07) is 12.1. The van der Waals surface area contributed by atoms with Crippen molar-refractivity contribution in [2.24, 2.45) is 0 Å². The van der Waals surface area contributed by atoms with Crippen molar-refractivity contribution in [1.29, 1.82) is 0 Å². The molecule has 4 aromatic rings. The zero-order valence-corrected chi connectivity index (χ0v) is 20.1. The van der Waals surface area contributed by atoms with Crippen LogP contribution in [-0.2, 0) is 10.0 Å². The van der Waals surface area contributed by atoms with Crippen LogP contribution in [0.25, 0.3) is 33.5 Å². The highest BCUT2D eigenvalue weighted by molar-refractivity contribution is 7.90. The quantitative estimate of drug-likeness (QED) is 0.413. The molecule has 2 heterocycles. The van der Waals surface area contributed by atoms with Crippen LogP contribution in [0.5, 0.6) is 0 Å². The van der Waals surface area contributed by atoms with Gasteiger partial charge >= 0.3 is 0 Å². The molecule has 178 valence electrons. The molecule has 34 heavy (non-hydrogen) atoms. The lowest BCUT2D eigenvalue weighted by Crippen LogP contribution is -2.23. The number of benzene rings is 2. The molecule has 1 aliphatic carbocycles. The van der Waals surface area contributed by atoms with Crippen LogP contribution >= 0.6 is 0 Å². The summed E-state index contributed by atoms with van der Waals surface area (Å²) in [6.07, 6.45) is 7.50. The van der Waals surface area contributed by atoms with E-state index in [1.54, 1.807) is 32.0 Å². The summed E-state index contributed by atoms with van der Waals surface area (Å²) in [5.41, 5.74) is 10.2. The van der Waals surface area contributed by atoms with Crippen LogP contribution < -0.4 is 5.73 Å². The second-order valence-electron chi connectivity index (χ2n) is 9.18. The lowest BCUT2D eigenvalue weighted by atomic mass is 9.94. The summed E-state index contributed by atoms with van der Waals surface area (Å²) < 4.78 is 43.0. The average Bonchev–Trinajstić information content (AvgIpc) is 3.40. The number of rotatable bonds is 5. The Labute approximate surface area is 198 Å². The molecular weight excluding hydrogens is 453 g/mol. The fourth-order valence-corrected chi connectivity index (χ4v) is 5.94. The summed E-state index contributed by atoms with van der Waals surface area (Å²) >= 11 is 0. The number of hydrogen-bond donors (Lipinski definition) is 1. The molecule has 0 saturated heterocycles. The second kappa shape index (κ2) is 8.54. The topological polar surface area (TPSA) is 95.8 Å². The first-order valence-corrected chi connectivity index (χ1v) is 13.1. The fourth-order valence-electron chi connectivity index (χ4n) is 4.80. The summed E-state index contributed by atoms with van der Waals surface area (Å²) in [5, 5.41) is -0.654. The van der Waals surface area contributed by atoms with Crippen molar-refractivity contribution in [3.05, 3.63) is 54.6 Å². The standard InChI is InChI=1S/C25H28FN5O2S/c1-16(2)34(32,33)31-22-14-18(10-13-21(22)29-25(31)27)24-23(17-8-11-19(26)12-9-17)28-15-30(24)20-6-4-3-5-7-20/h8-16,20H,3-7H2,1-2H3,(H2,27,29). The Kier molecular flexibility index (Phi) is 5.67. The molecule has 0 aliphatic heterocycles. The summed E-state index contributed by atoms with van der Waals surface area (Å²) in [5.74, 6) is -0.364. The van der Waals surface area contributed by atoms with E-state index in [-0.39, 0.29) is 11.8 Å². The van der Waals surface area contributed by atoms with E-state index in [0.717, 1.165) is 52.2 Å². The van der Waals surface area contributed by atoms with E-state index in [4.69, 9.17) is 10.7 Å². The smallest absolute Gasteiger partial charge is 0.244 e. The van der Waals surface area contributed by atoms with Gasteiger partial charge in [0.25, 0.3) is 0 Å². The Morgan fingerprint density at radius 2 is 1.71 bits per heavy atom. The van der Waals surface area contributed by atoms with Gasteiger partial charge in [0.2, 0.25) is 16.0 Å². The van der Waals surface area contributed by atoms with Crippen molar-refractivity contribution in [2.45, 2.75) is 57.2 Å². The van der Waals surface area contributed by atoms with Gasteiger partial charge in [0.05, 0.1) is 34.0 Å². The predicted molar refractivity (Wildman–Crippen MR) is 132 cm³/mol. The number of aromatic nitrogens is 4. The molecule has 0 amide bonds. The molecule has 2 N–H and O–H groups in total. The van der Waals surface area contributed by atoms with Crippen molar-refractivity contribution in [2.75, 3.05) is 5.73 Å². The maximum atomic E-state index is 13.6. The van der Waals surface area contributed by atoms with E-state index >= 15 is 0 Å². The highest BCUT2D eigenvalue weighted by atomic mass is 32.2. The highest BCUT2D eigenvalue weighted by Crippen LogP contribution is 2.39. The molecule has 0 radical (unpaired) electrons. The SMILES string of the molecule is CC(C)S(=O)(=O)n1c(N)nc2ccc(-c3c(-c4ccc(F)cc4)ncn3C3CCCCC3)cc21. The molecule has 2 aromatic carbocycles. The molecule has 5 rings (SSSR count). The van der Waals surface area contributed by atoms with Gasteiger partial charge in [0.1, 0.15) is 5.82 Å². The highest BCUT2D eigenvalue weighted by Gasteiger charge is 2.27. The minimum absolute atomic E-state index is 0.0552. The van der Waals surface area contributed by atoms with Gasteiger partial charge in [-0.1, -0.05) is 25.3 Å². The zero-order chi connectivity index (χ0) is 24.0. The molecule has 0 unspecified atom stereocenters. The van der Waals surface area contributed by atoms with E-state index in [1.807, 2.05) is 18.5 Å². The van der Waals surface area contributed by atoms with Crippen LogP contribution in [0.1, 0.15) is 52.0 Å². The summed E-state index contributed by atoms with van der Waals surface area (Å²) in [6.45, 7) is 3.24. The Bertz CT molecular complexity index is 1450. The van der Waals surface area contributed by atoms with Gasteiger partial charge in [-0.05, 0) is 63.1 Å². The van der Waals surface area contributed by atoms with Gasteiger partial charge in [0.15, 0.2) is 0 Å². The Morgan fingerprint density at radius 1 is 1.03 bits per heavy atom. The molecule has 9 heteroatoms. The first-order chi connectivity index (χ1) is 16.3. The van der Waals surface area contributed by atoms with Gasteiger partial charge in [-0.3, -0.25) is 0 Å². The Hall–Kier alpha value is -3.20. The largest absolute Gasteiger partial charge is 0.368 e. The number of halogens is 1. The van der Waals surface area contributed by atoms with Crippen molar-refractivity contribution in [3.63, 3.8) is 0 Å². The molecular formula is C25H28FN5O2S. The number of imidazole rings is 2. The van der Waals surface area contributed by atoms with Gasteiger partial charge in [0, 0.05) is 17.2 Å². The second-order valence-corrected chi connectivity index (χ2v) is 11.5. The maximum Gasteiger partial charge on any atom is 0.244 e. The van der Waals surface area contributed by atoms with Crippen molar-refractivity contribution >= 4 is 27.0 Å². The first-order valence-electron chi connectivity index (χ1n) is 11.6. The zero-order valence-electron chi connectivity index (χ0n) is 19.3. The number of nitrogen functional groups attached to an aromatic ring is 1. The lowest BCUT2D eigenvalue weighted by molar-refractivity contribution is 0.355. The lowest BCUT2D eigenvalue weighted by Gasteiger charge is -2.25. The fraction of sp³-hybridized carbons (Fsp3) is 0.360. The van der Waals surface area contributed by atoms with Crippen molar-refractivity contribution in [1.82, 2.24) is 18.5 Å². The first kappa shape index (κ1) is 22.6. The Morgan fingerprint density at radius 3 is 2.38 bits per heavy atom. The number of fused-ring (bicyclic) bond motifs is 1. The Balaban J connectivity index is 1.74. The van der Waals surface area contributed by atoms with Crippen molar-refractivity contribution < 1.29 is 12.8 Å². The van der Waals surface area contributed by atoms with E-state index < -0.39 is 15.3 Å². The molecule has 7 nitrogen and oxygen atoms in total. The van der Waals surface area contributed by atoms with Gasteiger partial charge in [-0.15, -0.1) is 0 Å². The van der Waals surface area contributed by atoms with Crippen LogP contribution in [0.15, 0.2) is 48.8 Å². The van der Waals surface area contributed by atoms with Gasteiger partial charge < -0.3 is 10.3 Å². The van der Waals surface area contributed by atoms with Gasteiger partial charge in [-0.2, -0.15) is 0 Å². The predicted octanol–water partition coefficient (Wildman–Crippen LogP) is 5.38. The molecule has 2 aromatic heterocycles. The van der Waals surface area contributed by atoms with Crippen LogP contribution in [0, 0.1) is 5.82 Å². The molecule has 0 spiro atoms. The molecule has 1 aliphatic rings. The molecule has 0 bridgehead atoms. The van der Waals surface area contributed by atoms with Crippen LogP contribution in [0.2, 0.25) is 0 Å². The summed E-state index contributed by atoms with van der Waals surface area (Å²) in [4.78, 5) is 9.01. The van der Waals surface area contributed by atoms with Gasteiger partial charge in [-0.25, -0.2) is 26.7 Å². The van der Waals surface area contributed by atoms with E-state index in [0.29, 0.717) is 17.1 Å². The van der Waals surface area contributed by atoms with Crippen LogP contribution in [0.3, 0.4) is 0 Å². The minimum atomic E-state index is -3.71. The van der Waals surface area contributed by atoms with Crippen LogP contribution in [0.4, 0.5) is 10.3 Å². The monoisotopic (exact) mass is 481 g/mol. The van der Waals surface area contributed by atoms with Crippen molar-refractivity contribution in [3.8, 4) is 22.5 Å². The van der Waals surface area contributed by atoms with E-state index in [9.17, 15) is 12.8 Å². The third kappa shape index (κ3) is 3.77. The normalized spacial score (nSPS) is 15.4.